The van der Waals surface area contributed by atoms with Crippen molar-refractivity contribution in [1.29, 1.82) is 0 Å². The van der Waals surface area contributed by atoms with Crippen molar-refractivity contribution in [2.45, 2.75) is 12.5 Å². The van der Waals surface area contributed by atoms with Crippen LogP contribution in [0.3, 0.4) is 0 Å². The maximum absolute atomic E-state index is 5.90. The van der Waals surface area contributed by atoms with Crippen LogP contribution in [-0.2, 0) is 9.47 Å². The van der Waals surface area contributed by atoms with Crippen molar-refractivity contribution < 1.29 is 18.9 Å². The lowest BCUT2D eigenvalue weighted by Gasteiger charge is -2.21. The number of guanidine groups is 1. The Hall–Kier alpha value is -1.99. The van der Waals surface area contributed by atoms with E-state index in [0.717, 1.165) is 23.6 Å². The third-order valence-corrected chi connectivity index (χ3v) is 3.37. The summed E-state index contributed by atoms with van der Waals surface area (Å²) in [5.41, 5.74) is 6.71. The minimum absolute atomic E-state index is 0.0297. The van der Waals surface area contributed by atoms with Crippen molar-refractivity contribution in [3.8, 4) is 11.5 Å². The molecule has 1 atom stereocenters. The summed E-state index contributed by atoms with van der Waals surface area (Å²) >= 11 is 0. The monoisotopic (exact) mass is 307 g/mol. The second-order valence-corrected chi connectivity index (χ2v) is 5.13. The van der Waals surface area contributed by atoms with E-state index in [4.69, 9.17) is 24.7 Å². The number of nitrogens with two attached hydrogens (primary N) is 1. The Morgan fingerprint density at radius 2 is 2.05 bits per heavy atom. The lowest BCUT2D eigenvalue weighted by atomic mass is 10.3. The number of hydrogen-bond acceptors (Lipinski definition) is 5. The molecule has 1 unspecified atom stereocenters. The quantitative estimate of drug-likeness (QED) is 0.639. The van der Waals surface area contributed by atoms with Gasteiger partial charge in [-0.3, -0.25) is 4.99 Å². The summed E-state index contributed by atoms with van der Waals surface area (Å²) in [5, 5.41) is 3.05. The predicted octanol–water partition coefficient (Wildman–Crippen LogP) is 0.990. The number of ether oxygens (including phenoxy) is 4. The lowest BCUT2D eigenvalue weighted by Crippen LogP contribution is -2.32. The van der Waals surface area contributed by atoms with Crippen molar-refractivity contribution in [2.75, 3.05) is 44.9 Å². The number of anilines is 1. The summed E-state index contributed by atoms with van der Waals surface area (Å²) < 4.78 is 22.1. The minimum atomic E-state index is -0.0297. The lowest BCUT2D eigenvalue weighted by molar-refractivity contribution is -0.0832. The van der Waals surface area contributed by atoms with Gasteiger partial charge in [-0.05, 0) is 12.1 Å². The van der Waals surface area contributed by atoms with Crippen molar-refractivity contribution in [1.82, 2.24) is 0 Å². The highest BCUT2D eigenvalue weighted by molar-refractivity contribution is 5.92. The van der Waals surface area contributed by atoms with Gasteiger partial charge in [0.2, 0.25) is 0 Å². The first-order valence-electron chi connectivity index (χ1n) is 7.47. The number of nitrogens with zero attached hydrogens (tertiary/aromatic N) is 1. The summed E-state index contributed by atoms with van der Waals surface area (Å²) in [6, 6.07) is 5.62. The first kappa shape index (κ1) is 14.9. The zero-order valence-corrected chi connectivity index (χ0v) is 12.4. The van der Waals surface area contributed by atoms with Crippen LogP contribution in [0.1, 0.15) is 6.42 Å². The Labute approximate surface area is 129 Å². The highest BCUT2D eigenvalue weighted by Crippen LogP contribution is 2.32. The van der Waals surface area contributed by atoms with Crippen LogP contribution >= 0.6 is 0 Å². The van der Waals surface area contributed by atoms with Gasteiger partial charge in [0, 0.05) is 18.2 Å². The van der Waals surface area contributed by atoms with Crippen molar-refractivity contribution in [3.63, 3.8) is 0 Å². The molecule has 120 valence electrons. The molecule has 7 heteroatoms. The minimum Gasteiger partial charge on any atom is -0.490 e. The fraction of sp³-hybridized carbons (Fsp3) is 0.533. The Bertz CT molecular complexity index is 530. The predicted molar refractivity (Wildman–Crippen MR) is 82.7 cm³/mol. The standard InChI is InChI=1S/C15H21N3O4/c16-15(17-9-12-10-19-6-7-20-12)18-11-2-3-13-14(8-11)22-5-1-4-21-13/h2-3,8,12H,1,4-7,9-10H2,(H3,16,17,18). The molecule has 2 aliphatic rings. The molecule has 0 aliphatic carbocycles. The number of rotatable bonds is 3. The number of hydrogen-bond donors (Lipinski definition) is 2. The van der Waals surface area contributed by atoms with E-state index in [1.165, 1.54) is 0 Å². The zero-order valence-electron chi connectivity index (χ0n) is 12.4. The number of fused-ring (bicyclic) bond motifs is 1. The van der Waals surface area contributed by atoms with E-state index in [1.807, 2.05) is 18.2 Å². The molecule has 2 aliphatic heterocycles. The van der Waals surface area contributed by atoms with Crippen LogP contribution in [0.25, 0.3) is 0 Å². The van der Waals surface area contributed by atoms with Crippen molar-refractivity contribution >= 4 is 11.6 Å². The van der Waals surface area contributed by atoms with Gasteiger partial charge in [-0.25, -0.2) is 0 Å². The van der Waals surface area contributed by atoms with E-state index in [0.29, 0.717) is 45.5 Å². The molecule has 1 aromatic rings. The molecule has 0 bridgehead atoms. The molecule has 1 fully saturated rings. The molecule has 0 saturated carbocycles. The average molecular weight is 307 g/mol. The van der Waals surface area contributed by atoms with Gasteiger partial charge in [0.25, 0.3) is 0 Å². The van der Waals surface area contributed by atoms with Crippen LogP contribution in [0.2, 0.25) is 0 Å². The molecule has 0 aromatic heterocycles. The van der Waals surface area contributed by atoms with E-state index in [-0.39, 0.29) is 6.10 Å². The van der Waals surface area contributed by atoms with Gasteiger partial charge in [-0.2, -0.15) is 0 Å². The molecule has 0 radical (unpaired) electrons. The highest BCUT2D eigenvalue weighted by atomic mass is 16.6. The number of benzene rings is 1. The van der Waals surface area contributed by atoms with Gasteiger partial charge >= 0.3 is 0 Å². The van der Waals surface area contributed by atoms with Gasteiger partial charge in [-0.1, -0.05) is 0 Å². The molecule has 3 rings (SSSR count). The summed E-state index contributed by atoms with van der Waals surface area (Å²) in [4.78, 5) is 4.28. The summed E-state index contributed by atoms with van der Waals surface area (Å²) in [6.07, 6.45) is 0.850. The summed E-state index contributed by atoms with van der Waals surface area (Å²) in [6.45, 7) is 3.61. The fourth-order valence-electron chi connectivity index (χ4n) is 2.27. The van der Waals surface area contributed by atoms with Gasteiger partial charge in [0.15, 0.2) is 17.5 Å². The molecule has 22 heavy (non-hydrogen) atoms. The summed E-state index contributed by atoms with van der Waals surface area (Å²) in [5.74, 6) is 1.81. The average Bonchev–Trinajstić information content (AvgIpc) is 2.79. The van der Waals surface area contributed by atoms with Crippen LogP contribution in [0.4, 0.5) is 5.69 Å². The molecule has 0 amide bonds. The van der Waals surface area contributed by atoms with Crippen LogP contribution < -0.4 is 20.5 Å². The van der Waals surface area contributed by atoms with Crippen LogP contribution in [0.5, 0.6) is 11.5 Å². The van der Waals surface area contributed by atoms with Crippen LogP contribution in [-0.4, -0.2) is 51.6 Å². The zero-order chi connectivity index (χ0) is 15.2. The summed E-state index contributed by atoms with van der Waals surface area (Å²) in [7, 11) is 0. The molecule has 1 saturated heterocycles. The SMILES string of the molecule is NC(=NCC1COCCO1)Nc1ccc2c(c1)OCCCO2. The Morgan fingerprint density at radius 1 is 1.18 bits per heavy atom. The van der Waals surface area contributed by atoms with E-state index < -0.39 is 0 Å². The maximum Gasteiger partial charge on any atom is 0.193 e. The van der Waals surface area contributed by atoms with E-state index in [1.54, 1.807) is 0 Å². The first-order valence-corrected chi connectivity index (χ1v) is 7.47. The van der Waals surface area contributed by atoms with Gasteiger partial charge in [0.05, 0.1) is 39.6 Å². The van der Waals surface area contributed by atoms with E-state index >= 15 is 0 Å². The van der Waals surface area contributed by atoms with Crippen LogP contribution in [0.15, 0.2) is 23.2 Å². The molecule has 1 aromatic carbocycles. The number of nitrogens with one attached hydrogen (secondary N) is 1. The fourth-order valence-corrected chi connectivity index (χ4v) is 2.27. The van der Waals surface area contributed by atoms with Gasteiger partial charge < -0.3 is 30.0 Å². The van der Waals surface area contributed by atoms with Gasteiger partial charge in [0.1, 0.15) is 6.10 Å². The second-order valence-electron chi connectivity index (χ2n) is 5.13. The Morgan fingerprint density at radius 3 is 2.86 bits per heavy atom. The van der Waals surface area contributed by atoms with Crippen molar-refractivity contribution in [2.24, 2.45) is 10.7 Å². The third kappa shape index (κ3) is 4.02. The Kier molecular flexibility index (Phi) is 4.97. The van der Waals surface area contributed by atoms with Crippen LogP contribution in [0, 0.1) is 0 Å². The smallest absolute Gasteiger partial charge is 0.193 e. The van der Waals surface area contributed by atoms with E-state index in [9.17, 15) is 0 Å². The maximum atomic E-state index is 5.90. The van der Waals surface area contributed by atoms with Gasteiger partial charge in [-0.15, -0.1) is 0 Å². The molecule has 7 nitrogen and oxygen atoms in total. The topological polar surface area (TPSA) is 87.3 Å². The Balaban J connectivity index is 1.58. The normalized spacial score (nSPS) is 22.0. The molecule has 3 N–H and O–H groups in total. The number of aliphatic imine (C=N–C) groups is 1. The van der Waals surface area contributed by atoms with Crippen molar-refractivity contribution in [3.05, 3.63) is 18.2 Å². The largest absolute Gasteiger partial charge is 0.490 e. The second kappa shape index (κ2) is 7.33. The molecular formula is C15H21N3O4. The third-order valence-electron chi connectivity index (χ3n) is 3.37. The van der Waals surface area contributed by atoms with E-state index in [2.05, 4.69) is 10.3 Å². The highest BCUT2D eigenvalue weighted by Gasteiger charge is 2.14. The molecular weight excluding hydrogens is 286 g/mol. The molecule has 2 heterocycles. The first-order chi connectivity index (χ1) is 10.8. The molecule has 0 spiro atoms.